The van der Waals surface area contributed by atoms with Crippen molar-refractivity contribution in [3.05, 3.63) is 23.8 Å². The number of rotatable bonds is 10. The number of carbonyl (C=O) groups excluding carboxylic acids is 1. The summed E-state index contributed by atoms with van der Waals surface area (Å²) in [5.41, 5.74) is 0.494. The van der Waals surface area contributed by atoms with E-state index < -0.39 is 6.61 Å². The molecular formula is C17H27F2IN4O3. The van der Waals surface area contributed by atoms with Gasteiger partial charge in [0.2, 0.25) is 5.91 Å². The van der Waals surface area contributed by atoms with Gasteiger partial charge in [-0.15, -0.1) is 24.0 Å². The van der Waals surface area contributed by atoms with Gasteiger partial charge in [-0.1, -0.05) is 6.92 Å². The van der Waals surface area contributed by atoms with Gasteiger partial charge in [0, 0.05) is 38.7 Å². The molecule has 0 atom stereocenters. The Morgan fingerprint density at radius 1 is 1.22 bits per heavy atom. The van der Waals surface area contributed by atoms with Crippen LogP contribution in [0, 0.1) is 0 Å². The van der Waals surface area contributed by atoms with E-state index in [2.05, 4.69) is 25.7 Å². The van der Waals surface area contributed by atoms with Gasteiger partial charge < -0.3 is 25.4 Å². The Hall–Kier alpha value is -1.85. The molecule has 0 aliphatic rings. The van der Waals surface area contributed by atoms with E-state index in [1.807, 2.05) is 6.92 Å². The quantitative estimate of drug-likeness (QED) is 0.261. The summed E-state index contributed by atoms with van der Waals surface area (Å²) in [6.45, 7) is 0.305. The van der Waals surface area contributed by atoms with Crippen molar-refractivity contribution in [2.24, 2.45) is 4.99 Å². The second-order valence-corrected chi connectivity index (χ2v) is 5.30. The van der Waals surface area contributed by atoms with Crippen molar-refractivity contribution in [1.82, 2.24) is 16.0 Å². The Morgan fingerprint density at radius 2 is 1.96 bits per heavy atom. The number of guanidine groups is 1. The molecule has 0 aromatic heterocycles. The van der Waals surface area contributed by atoms with Crippen molar-refractivity contribution < 1.29 is 23.0 Å². The van der Waals surface area contributed by atoms with E-state index in [-0.39, 0.29) is 42.2 Å². The highest BCUT2D eigenvalue weighted by Gasteiger charge is 2.11. The number of ether oxygens (including phenoxy) is 2. The summed E-state index contributed by atoms with van der Waals surface area (Å²) in [6.07, 6.45) is 1.19. The van der Waals surface area contributed by atoms with Crippen molar-refractivity contribution in [2.75, 3.05) is 27.2 Å². The number of nitrogens with zero attached hydrogens (tertiary/aromatic N) is 1. The fourth-order valence-corrected chi connectivity index (χ4v) is 2.08. The van der Waals surface area contributed by atoms with Gasteiger partial charge in [0.15, 0.2) is 5.96 Å². The van der Waals surface area contributed by atoms with Crippen LogP contribution in [-0.2, 0) is 11.3 Å². The molecule has 0 spiro atoms. The number of carbonyl (C=O) groups is 1. The third-order valence-corrected chi connectivity index (χ3v) is 3.37. The molecule has 3 N–H and O–H groups in total. The van der Waals surface area contributed by atoms with E-state index in [1.54, 1.807) is 19.2 Å². The molecule has 1 rings (SSSR count). The lowest BCUT2D eigenvalue weighted by Crippen LogP contribution is -2.39. The lowest BCUT2D eigenvalue weighted by atomic mass is 10.2. The molecule has 0 aliphatic carbocycles. The number of benzene rings is 1. The highest BCUT2D eigenvalue weighted by atomic mass is 127. The zero-order valence-corrected chi connectivity index (χ0v) is 18.0. The van der Waals surface area contributed by atoms with Crippen molar-refractivity contribution in [2.45, 2.75) is 32.9 Å². The van der Waals surface area contributed by atoms with Crippen LogP contribution in [-0.4, -0.2) is 45.7 Å². The molecule has 0 bridgehead atoms. The molecule has 1 amide bonds. The summed E-state index contributed by atoms with van der Waals surface area (Å²) in [4.78, 5) is 15.6. The number of alkyl halides is 2. The molecule has 0 fully saturated rings. The summed E-state index contributed by atoms with van der Waals surface area (Å²) >= 11 is 0. The Balaban J connectivity index is 0.00000676. The van der Waals surface area contributed by atoms with Crippen LogP contribution >= 0.6 is 24.0 Å². The van der Waals surface area contributed by atoms with Gasteiger partial charge >= 0.3 is 6.61 Å². The average molecular weight is 500 g/mol. The fourth-order valence-electron chi connectivity index (χ4n) is 2.08. The average Bonchev–Trinajstić information content (AvgIpc) is 2.63. The minimum atomic E-state index is -2.92. The first kappa shape index (κ1) is 25.1. The van der Waals surface area contributed by atoms with Crippen LogP contribution in [0.25, 0.3) is 0 Å². The van der Waals surface area contributed by atoms with E-state index in [0.717, 1.165) is 6.42 Å². The van der Waals surface area contributed by atoms with Gasteiger partial charge in [-0.25, -0.2) is 0 Å². The Labute approximate surface area is 175 Å². The van der Waals surface area contributed by atoms with Crippen molar-refractivity contribution in [3.63, 3.8) is 0 Å². The molecule has 10 heteroatoms. The van der Waals surface area contributed by atoms with E-state index in [0.29, 0.717) is 36.8 Å². The molecule has 0 radical (unpaired) electrons. The van der Waals surface area contributed by atoms with Crippen LogP contribution in [0.4, 0.5) is 8.78 Å². The molecule has 27 heavy (non-hydrogen) atoms. The van der Waals surface area contributed by atoms with Gasteiger partial charge in [0.05, 0.1) is 7.11 Å². The van der Waals surface area contributed by atoms with Crippen LogP contribution in [0.2, 0.25) is 0 Å². The minimum Gasteiger partial charge on any atom is -0.497 e. The van der Waals surface area contributed by atoms with E-state index >= 15 is 0 Å². The molecule has 0 aliphatic heterocycles. The molecule has 1 aromatic carbocycles. The van der Waals surface area contributed by atoms with Crippen LogP contribution in [0.15, 0.2) is 23.2 Å². The number of aliphatic imine (C=N–C) groups is 1. The minimum absolute atomic E-state index is 0. The molecule has 7 nitrogen and oxygen atoms in total. The van der Waals surface area contributed by atoms with Gasteiger partial charge in [-0.2, -0.15) is 8.78 Å². The Morgan fingerprint density at radius 3 is 2.56 bits per heavy atom. The maximum atomic E-state index is 12.5. The zero-order chi connectivity index (χ0) is 19.4. The lowest BCUT2D eigenvalue weighted by molar-refractivity contribution is -0.120. The monoisotopic (exact) mass is 500 g/mol. The van der Waals surface area contributed by atoms with E-state index in [1.165, 1.54) is 13.2 Å². The van der Waals surface area contributed by atoms with E-state index in [4.69, 9.17) is 4.74 Å². The smallest absolute Gasteiger partial charge is 0.387 e. The van der Waals surface area contributed by atoms with Crippen molar-refractivity contribution in [3.8, 4) is 11.5 Å². The molecular weight excluding hydrogens is 473 g/mol. The van der Waals surface area contributed by atoms with Gasteiger partial charge in [-0.05, 0) is 24.6 Å². The third-order valence-electron chi connectivity index (χ3n) is 3.37. The predicted octanol–water partition coefficient (Wildman–Crippen LogP) is 2.50. The largest absolute Gasteiger partial charge is 0.497 e. The normalized spacial score (nSPS) is 10.8. The zero-order valence-electron chi connectivity index (χ0n) is 15.7. The second kappa shape index (κ2) is 14.2. The van der Waals surface area contributed by atoms with Crippen LogP contribution in [0.1, 0.15) is 25.3 Å². The Kier molecular flexibility index (Phi) is 13.3. The first-order valence-corrected chi connectivity index (χ1v) is 8.33. The number of hydrogen-bond acceptors (Lipinski definition) is 4. The number of amides is 1. The van der Waals surface area contributed by atoms with Crippen molar-refractivity contribution in [1.29, 1.82) is 0 Å². The first-order valence-electron chi connectivity index (χ1n) is 8.33. The molecule has 0 saturated heterocycles. The first-order chi connectivity index (χ1) is 12.5. The highest BCUT2D eigenvalue weighted by Crippen LogP contribution is 2.25. The standard InChI is InChI=1S/C17H26F2N4O3.HI/c1-4-8-21-15(24)7-9-22-17(20-2)23-11-12-10-13(25-3)5-6-14(12)26-16(18)19;/h5-6,10,16H,4,7-9,11H2,1-3H3,(H,21,24)(H2,20,22,23);1H. The molecule has 0 unspecified atom stereocenters. The summed E-state index contributed by atoms with van der Waals surface area (Å²) in [5.74, 6) is 0.982. The van der Waals surface area contributed by atoms with Crippen LogP contribution in [0.3, 0.4) is 0 Å². The SMILES string of the molecule is CCCNC(=O)CCNC(=NC)NCc1cc(OC)ccc1OC(F)F.I. The summed E-state index contributed by atoms with van der Waals surface area (Å²) < 4.78 is 34.7. The third kappa shape index (κ3) is 10.2. The Bertz CT molecular complexity index is 604. The van der Waals surface area contributed by atoms with Crippen LogP contribution < -0.4 is 25.4 Å². The molecule has 1 aromatic rings. The maximum Gasteiger partial charge on any atom is 0.387 e. The fraction of sp³-hybridized carbons (Fsp3) is 0.529. The predicted molar refractivity (Wildman–Crippen MR) is 111 cm³/mol. The summed E-state index contributed by atoms with van der Waals surface area (Å²) in [5, 5.41) is 8.77. The summed E-state index contributed by atoms with van der Waals surface area (Å²) in [7, 11) is 3.07. The lowest BCUT2D eigenvalue weighted by Gasteiger charge is -2.15. The topological polar surface area (TPSA) is 84.0 Å². The maximum absolute atomic E-state index is 12.5. The van der Waals surface area contributed by atoms with E-state index in [9.17, 15) is 13.6 Å². The summed E-state index contributed by atoms with van der Waals surface area (Å²) in [6, 6.07) is 4.58. The molecule has 0 heterocycles. The number of halogens is 3. The molecule has 0 saturated carbocycles. The number of methoxy groups -OCH3 is 1. The number of nitrogens with one attached hydrogen (secondary N) is 3. The van der Waals surface area contributed by atoms with Gasteiger partial charge in [0.25, 0.3) is 0 Å². The van der Waals surface area contributed by atoms with Crippen molar-refractivity contribution >= 4 is 35.8 Å². The highest BCUT2D eigenvalue weighted by molar-refractivity contribution is 14.0. The van der Waals surface area contributed by atoms with Gasteiger partial charge in [0.1, 0.15) is 11.5 Å². The molecule has 154 valence electrons. The number of hydrogen-bond donors (Lipinski definition) is 3. The second-order valence-electron chi connectivity index (χ2n) is 5.30. The van der Waals surface area contributed by atoms with Gasteiger partial charge in [-0.3, -0.25) is 9.79 Å². The van der Waals surface area contributed by atoms with Crippen LogP contribution in [0.5, 0.6) is 11.5 Å².